The number of hydrogen-bond donors (Lipinski definition) is 0. The van der Waals surface area contributed by atoms with Crippen molar-refractivity contribution in [2.45, 2.75) is 25.3 Å². The maximum absolute atomic E-state index is 13.8. The molecule has 0 N–H and O–H groups in total. The summed E-state index contributed by atoms with van der Waals surface area (Å²) in [5.74, 6) is 0.399. The lowest BCUT2D eigenvalue weighted by molar-refractivity contribution is 0.204. The molecule has 2 heterocycles. The van der Waals surface area contributed by atoms with E-state index in [1.807, 2.05) is 18.3 Å². The molecule has 1 aromatic carbocycles. The van der Waals surface area contributed by atoms with E-state index in [-0.39, 0.29) is 17.1 Å². The fourth-order valence-corrected chi connectivity index (χ4v) is 3.31. The molecular weight excluding hydrogens is 307 g/mol. The van der Waals surface area contributed by atoms with Crippen molar-refractivity contribution >= 4 is 0 Å². The highest BCUT2D eigenvalue weighted by atomic mass is 19.1. The van der Waals surface area contributed by atoms with Gasteiger partial charge in [0, 0.05) is 25.9 Å². The van der Waals surface area contributed by atoms with Gasteiger partial charge in [0.05, 0.1) is 7.11 Å². The van der Waals surface area contributed by atoms with Gasteiger partial charge in [-0.25, -0.2) is 4.39 Å². The number of nitrogens with zero attached hydrogens (tertiary/aromatic N) is 2. The van der Waals surface area contributed by atoms with Gasteiger partial charge in [-0.2, -0.15) is 0 Å². The van der Waals surface area contributed by atoms with Crippen LogP contribution in [0, 0.1) is 5.82 Å². The van der Waals surface area contributed by atoms with Crippen LogP contribution in [0.4, 0.5) is 4.39 Å². The fourth-order valence-electron chi connectivity index (χ4n) is 3.31. The quantitative estimate of drug-likeness (QED) is 0.864. The summed E-state index contributed by atoms with van der Waals surface area (Å²) in [4.78, 5) is 14.1. The van der Waals surface area contributed by atoms with Crippen LogP contribution in [0.2, 0.25) is 0 Å². The zero-order chi connectivity index (χ0) is 17.1. The molecule has 0 bridgehead atoms. The van der Waals surface area contributed by atoms with Gasteiger partial charge in [-0.1, -0.05) is 6.07 Å². The number of ether oxygens (including phenoxy) is 1. The summed E-state index contributed by atoms with van der Waals surface area (Å²) in [6.45, 7) is 2.64. The van der Waals surface area contributed by atoms with Gasteiger partial charge in [-0.3, -0.25) is 9.69 Å². The number of likely N-dealkylation sites (tertiary alicyclic amines) is 1. The average Bonchev–Trinajstić information content (AvgIpc) is 2.58. The summed E-state index contributed by atoms with van der Waals surface area (Å²) < 4.78 is 20.3. The van der Waals surface area contributed by atoms with Crippen molar-refractivity contribution in [3.8, 4) is 5.75 Å². The lowest BCUT2D eigenvalue weighted by Gasteiger charge is -2.32. The van der Waals surface area contributed by atoms with Gasteiger partial charge in [-0.15, -0.1) is 0 Å². The molecular formula is C19H23FN2O2. The second-order valence-corrected chi connectivity index (χ2v) is 6.43. The monoisotopic (exact) mass is 330 g/mol. The molecule has 4 nitrogen and oxygen atoms in total. The van der Waals surface area contributed by atoms with E-state index in [4.69, 9.17) is 4.74 Å². The van der Waals surface area contributed by atoms with Gasteiger partial charge in [0.1, 0.15) is 0 Å². The highest BCUT2D eigenvalue weighted by Crippen LogP contribution is 2.28. The van der Waals surface area contributed by atoms with Crippen LogP contribution in [0.3, 0.4) is 0 Å². The molecule has 1 aromatic heterocycles. The Kier molecular flexibility index (Phi) is 5.00. The van der Waals surface area contributed by atoms with Crippen molar-refractivity contribution in [1.82, 2.24) is 9.47 Å². The number of benzene rings is 1. The minimum absolute atomic E-state index is 0.0450. The molecule has 5 heteroatoms. The van der Waals surface area contributed by atoms with Gasteiger partial charge in [0.2, 0.25) is 0 Å². The molecule has 1 aliphatic heterocycles. The Hall–Kier alpha value is -2.14. The maximum Gasteiger partial charge on any atom is 0.250 e. The molecule has 0 amide bonds. The van der Waals surface area contributed by atoms with Gasteiger partial charge in [0.25, 0.3) is 5.56 Å². The number of aryl methyl sites for hydroxylation is 1. The topological polar surface area (TPSA) is 34.5 Å². The molecule has 2 aromatic rings. The molecule has 0 spiro atoms. The van der Waals surface area contributed by atoms with Crippen LogP contribution in [0.25, 0.3) is 0 Å². The second-order valence-electron chi connectivity index (χ2n) is 6.43. The summed E-state index contributed by atoms with van der Waals surface area (Å²) in [5.41, 5.74) is 2.14. The molecule has 1 saturated heterocycles. The van der Waals surface area contributed by atoms with Crippen LogP contribution in [-0.4, -0.2) is 29.7 Å². The zero-order valence-electron chi connectivity index (χ0n) is 14.2. The van der Waals surface area contributed by atoms with E-state index in [1.54, 1.807) is 29.8 Å². The fraction of sp³-hybridized carbons (Fsp3) is 0.421. The van der Waals surface area contributed by atoms with Crippen molar-refractivity contribution in [2.75, 3.05) is 20.2 Å². The molecule has 0 radical (unpaired) electrons. The summed E-state index contributed by atoms with van der Waals surface area (Å²) in [7, 11) is 3.24. The summed E-state index contributed by atoms with van der Waals surface area (Å²) in [6.07, 6.45) is 3.88. The van der Waals surface area contributed by atoms with Gasteiger partial charge >= 0.3 is 0 Å². The molecule has 1 aliphatic rings. The van der Waals surface area contributed by atoms with E-state index in [2.05, 4.69) is 4.90 Å². The first kappa shape index (κ1) is 16.7. The van der Waals surface area contributed by atoms with Crippen LogP contribution in [0.15, 0.2) is 41.3 Å². The number of piperidine rings is 1. The van der Waals surface area contributed by atoms with Gasteiger partial charge in [-0.05, 0) is 61.2 Å². The largest absolute Gasteiger partial charge is 0.494 e. The SMILES string of the molecule is COc1ccc(CN2CCC(c3ccn(C)c(=O)c3)CC2)cc1F. The van der Waals surface area contributed by atoms with E-state index >= 15 is 0 Å². The van der Waals surface area contributed by atoms with Crippen molar-refractivity contribution in [1.29, 1.82) is 0 Å². The molecule has 1 fully saturated rings. The van der Waals surface area contributed by atoms with Crippen LogP contribution < -0.4 is 10.3 Å². The van der Waals surface area contributed by atoms with Crippen molar-refractivity contribution < 1.29 is 9.13 Å². The van der Waals surface area contributed by atoms with Crippen LogP contribution in [-0.2, 0) is 13.6 Å². The highest BCUT2D eigenvalue weighted by molar-refractivity contribution is 5.29. The first-order valence-electron chi connectivity index (χ1n) is 8.28. The van der Waals surface area contributed by atoms with Crippen molar-refractivity contribution in [3.05, 3.63) is 63.8 Å². The van der Waals surface area contributed by atoms with E-state index in [9.17, 15) is 9.18 Å². The second kappa shape index (κ2) is 7.18. The Morgan fingerprint density at radius 1 is 1.21 bits per heavy atom. The van der Waals surface area contributed by atoms with Crippen molar-refractivity contribution in [2.24, 2.45) is 7.05 Å². The standard InChI is InChI=1S/C19H23FN2O2/c1-21-8-5-16(12-19(21)23)15-6-9-22(10-7-15)13-14-3-4-18(24-2)17(20)11-14/h3-5,8,11-12,15H,6-7,9-10,13H2,1-2H3. The van der Waals surface area contributed by atoms with Crippen LogP contribution in [0.1, 0.15) is 29.9 Å². The van der Waals surface area contributed by atoms with Gasteiger partial charge < -0.3 is 9.30 Å². The molecule has 128 valence electrons. The van der Waals surface area contributed by atoms with E-state index in [0.717, 1.165) is 43.6 Å². The van der Waals surface area contributed by atoms with Gasteiger partial charge in [0.15, 0.2) is 11.6 Å². The number of methoxy groups -OCH3 is 1. The number of halogens is 1. The zero-order valence-corrected chi connectivity index (χ0v) is 14.2. The van der Waals surface area contributed by atoms with Crippen LogP contribution >= 0.6 is 0 Å². The minimum atomic E-state index is -0.315. The lowest BCUT2D eigenvalue weighted by Crippen LogP contribution is -2.32. The maximum atomic E-state index is 13.8. The predicted octanol–water partition coefficient (Wildman–Crippen LogP) is 2.91. The summed E-state index contributed by atoms with van der Waals surface area (Å²) in [5, 5.41) is 0. The Labute approximate surface area is 141 Å². The Balaban J connectivity index is 1.59. The number of rotatable bonds is 4. The molecule has 3 rings (SSSR count). The number of pyridine rings is 1. The third kappa shape index (κ3) is 3.67. The lowest BCUT2D eigenvalue weighted by atomic mass is 9.90. The molecule has 0 unspecified atom stereocenters. The third-order valence-electron chi connectivity index (χ3n) is 4.81. The molecule has 0 aliphatic carbocycles. The predicted molar refractivity (Wildman–Crippen MR) is 91.9 cm³/mol. The average molecular weight is 330 g/mol. The number of aromatic nitrogens is 1. The Bertz CT molecular complexity index is 764. The minimum Gasteiger partial charge on any atom is -0.494 e. The van der Waals surface area contributed by atoms with E-state index < -0.39 is 0 Å². The summed E-state index contributed by atoms with van der Waals surface area (Å²) in [6, 6.07) is 8.93. The smallest absolute Gasteiger partial charge is 0.250 e. The third-order valence-corrected chi connectivity index (χ3v) is 4.81. The Morgan fingerprint density at radius 3 is 2.58 bits per heavy atom. The first-order chi connectivity index (χ1) is 11.6. The summed E-state index contributed by atoms with van der Waals surface area (Å²) >= 11 is 0. The molecule has 24 heavy (non-hydrogen) atoms. The normalized spacial score (nSPS) is 16.3. The van der Waals surface area contributed by atoms with Crippen LogP contribution in [0.5, 0.6) is 5.75 Å². The van der Waals surface area contributed by atoms with E-state index in [1.165, 1.54) is 7.11 Å². The Morgan fingerprint density at radius 2 is 1.96 bits per heavy atom. The molecule has 0 atom stereocenters. The number of hydrogen-bond acceptors (Lipinski definition) is 3. The first-order valence-corrected chi connectivity index (χ1v) is 8.28. The van der Waals surface area contributed by atoms with Crippen molar-refractivity contribution in [3.63, 3.8) is 0 Å². The highest BCUT2D eigenvalue weighted by Gasteiger charge is 2.21. The molecule has 0 saturated carbocycles. The van der Waals surface area contributed by atoms with E-state index in [0.29, 0.717) is 5.92 Å².